The van der Waals surface area contributed by atoms with Gasteiger partial charge in [0.1, 0.15) is 5.82 Å². The molecule has 1 fully saturated rings. The highest BCUT2D eigenvalue weighted by Gasteiger charge is 2.21. The van der Waals surface area contributed by atoms with Crippen LogP contribution in [0.25, 0.3) is 0 Å². The van der Waals surface area contributed by atoms with Crippen LogP contribution in [0, 0.1) is 6.92 Å². The number of aryl methyl sites for hydroxylation is 1. The number of benzene rings is 2. The zero-order valence-corrected chi connectivity index (χ0v) is 20.7. The van der Waals surface area contributed by atoms with Crippen molar-refractivity contribution in [1.29, 1.82) is 0 Å². The van der Waals surface area contributed by atoms with Crippen LogP contribution >= 0.6 is 0 Å². The molecule has 0 atom stereocenters. The molecule has 0 saturated carbocycles. The number of likely N-dealkylation sites (N-methyl/N-ethyl adjacent to an activating group) is 1. The summed E-state index contributed by atoms with van der Waals surface area (Å²) in [6, 6.07) is 15.3. The summed E-state index contributed by atoms with van der Waals surface area (Å²) in [6.07, 6.45) is 2.68. The van der Waals surface area contributed by atoms with E-state index in [-0.39, 0.29) is 5.91 Å². The molecule has 1 saturated heterocycles. The van der Waals surface area contributed by atoms with Gasteiger partial charge in [0, 0.05) is 62.5 Å². The lowest BCUT2D eigenvalue weighted by Crippen LogP contribution is -2.46. The van der Waals surface area contributed by atoms with Crippen LogP contribution in [-0.4, -0.2) is 61.2 Å². The first-order chi connectivity index (χ1) is 17.4. The van der Waals surface area contributed by atoms with Crippen molar-refractivity contribution in [2.45, 2.75) is 20.3 Å². The van der Waals surface area contributed by atoms with Crippen LogP contribution in [0.15, 0.2) is 54.7 Å². The van der Waals surface area contributed by atoms with E-state index in [9.17, 15) is 14.7 Å². The van der Waals surface area contributed by atoms with E-state index in [4.69, 9.17) is 0 Å². The zero-order chi connectivity index (χ0) is 25.2. The number of hydrogen-bond acceptors (Lipinski definition) is 6. The number of hydrogen-bond donors (Lipinski definition) is 2. The third-order valence-electron chi connectivity index (χ3n) is 7.14. The van der Waals surface area contributed by atoms with Crippen molar-refractivity contribution < 1.29 is 14.7 Å². The Bertz CT molecular complexity index is 1280. The molecule has 186 valence electrons. The lowest BCUT2D eigenvalue weighted by atomic mass is 10.1. The third-order valence-corrected chi connectivity index (χ3v) is 7.14. The van der Waals surface area contributed by atoms with E-state index in [1.54, 1.807) is 12.3 Å². The predicted molar refractivity (Wildman–Crippen MR) is 143 cm³/mol. The van der Waals surface area contributed by atoms with Crippen LogP contribution in [0.3, 0.4) is 0 Å². The molecular weight excluding hydrogens is 454 g/mol. The lowest BCUT2D eigenvalue weighted by molar-refractivity contribution is 0.0696. The van der Waals surface area contributed by atoms with E-state index in [0.29, 0.717) is 11.1 Å². The lowest BCUT2D eigenvalue weighted by Gasteiger charge is -2.37. The molecule has 1 aromatic heterocycles. The average Bonchev–Trinajstić information content (AvgIpc) is 3.31. The van der Waals surface area contributed by atoms with Crippen molar-refractivity contribution in [1.82, 2.24) is 4.98 Å². The van der Waals surface area contributed by atoms with Crippen LogP contribution in [0.5, 0.6) is 0 Å². The minimum absolute atomic E-state index is 0.167. The molecule has 8 nitrogen and oxygen atoms in total. The topological polar surface area (TPSA) is 89.0 Å². The van der Waals surface area contributed by atoms with Crippen molar-refractivity contribution >= 4 is 34.8 Å². The van der Waals surface area contributed by atoms with Crippen LogP contribution < -0.4 is 20.0 Å². The van der Waals surface area contributed by atoms with Gasteiger partial charge in [-0.1, -0.05) is 6.07 Å². The number of anilines is 4. The Balaban J connectivity index is 1.19. The number of amides is 1. The second kappa shape index (κ2) is 9.89. The number of aromatic nitrogens is 1. The molecule has 3 aromatic rings. The fourth-order valence-electron chi connectivity index (χ4n) is 5.04. The number of piperazine rings is 1. The monoisotopic (exact) mass is 485 g/mol. The van der Waals surface area contributed by atoms with E-state index < -0.39 is 5.97 Å². The molecule has 2 aliphatic rings. The molecule has 0 bridgehead atoms. The molecule has 2 aromatic carbocycles. The van der Waals surface area contributed by atoms with Gasteiger partial charge in [0.15, 0.2) is 0 Å². The summed E-state index contributed by atoms with van der Waals surface area (Å²) in [5.41, 5.74) is 5.99. The zero-order valence-electron chi connectivity index (χ0n) is 20.7. The summed E-state index contributed by atoms with van der Waals surface area (Å²) < 4.78 is 0. The highest BCUT2D eigenvalue weighted by atomic mass is 16.4. The number of rotatable bonds is 6. The van der Waals surface area contributed by atoms with Gasteiger partial charge >= 0.3 is 5.97 Å². The number of aromatic carboxylic acids is 1. The molecule has 5 rings (SSSR count). The number of fused-ring (bicyclic) bond motifs is 1. The summed E-state index contributed by atoms with van der Waals surface area (Å²) in [5, 5.41) is 12.3. The smallest absolute Gasteiger partial charge is 0.335 e. The summed E-state index contributed by atoms with van der Waals surface area (Å²) in [4.78, 5) is 35.5. The maximum atomic E-state index is 12.8. The Hall–Kier alpha value is -4.07. The summed E-state index contributed by atoms with van der Waals surface area (Å²) in [5.74, 6) is -0.220. The Morgan fingerprint density at radius 3 is 2.42 bits per heavy atom. The molecule has 36 heavy (non-hydrogen) atoms. The van der Waals surface area contributed by atoms with Crippen molar-refractivity contribution in [3.8, 4) is 0 Å². The average molecular weight is 486 g/mol. The van der Waals surface area contributed by atoms with Gasteiger partial charge in [-0.15, -0.1) is 0 Å². The minimum atomic E-state index is -0.900. The Labute approximate surface area is 211 Å². The standard InChI is InChI=1S/C28H31N5O3/c1-3-31-11-10-20-4-6-22(17-25(20)31)30-27(34)21-5-9-26(29-18-21)33-14-12-32(13-15-33)23-7-8-24(28(35)36)19(2)16-23/h4-9,16-18H,3,10-15H2,1-2H3,(H,30,34)(H,35,36). The summed E-state index contributed by atoms with van der Waals surface area (Å²) in [7, 11) is 0. The molecule has 2 aliphatic heterocycles. The number of carboxylic acid groups (broad SMARTS) is 1. The van der Waals surface area contributed by atoms with E-state index in [1.165, 1.54) is 11.3 Å². The van der Waals surface area contributed by atoms with Gasteiger partial charge in [0.2, 0.25) is 0 Å². The molecule has 3 heterocycles. The quantitative estimate of drug-likeness (QED) is 0.545. The van der Waals surface area contributed by atoms with Crippen molar-refractivity contribution in [3.63, 3.8) is 0 Å². The van der Waals surface area contributed by atoms with Gasteiger partial charge in [-0.2, -0.15) is 0 Å². The highest BCUT2D eigenvalue weighted by Crippen LogP contribution is 2.31. The highest BCUT2D eigenvalue weighted by molar-refractivity contribution is 6.04. The maximum absolute atomic E-state index is 12.8. The maximum Gasteiger partial charge on any atom is 0.335 e. The molecule has 0 spiro atoms. The van der Waals surface area contributed by atoms with E-state index in [0.717, 1.165) is 68.4 Å². The van der Waals surface area contributed by atoms with Crippen LogP contribution in [0.2, 0.25) is 0 Å². The second-order valence-corrected chi connectivity index (χ2v) is 9.31. The first-order valence-corrected chi connectivity index (χ1v) is 12.4. The molecule has 1 amide bonds. The normalized spacial score (nSPS) is 15.1. The van der Waals surface area contributed by atoms with Crippen molar-refractivity contribution in [3.05, 3.63) is 77.0 Å². The number of nitrogens with one attached hydrogen (secondary N) is 1. The SMILES string of the molecule is CCN1CCc2ccc(NC(=O)c3ccc(N4CCN(c5ccc(C(=O)O)c(C)c5)CC4)nc3)cc21. The fourth-order valence-corrected chi connectivity index (χ4v) is 5.04. The number of carboxylic acids is 1. The van der Waals surface area contributed by atoms with Gasteiger partial charge < -0.3 is 25.1 Å². The third kappa shape index (κ3) is 4.71. The van der Waals surface area contributed by atoms with Gasteiger partial charge in [-0.25, -0.2) is 9.78 Å². The first-order valence-electron chi connectivity index (χ1n) is 12.4. The number of nitrogens with zero attached hydrogens (tertiary/aromatic N) is 4. The molecule has 2 N–H and O–H groups in total. The van der Waals surface area contributed by atoms with Crippen LogP contribution in [0.1, 0.15) is 38.8 Å². The Kier molecular flexibility index (Phi) is 6.50. The number of carbonyl (C=O) groups is 2. The Morgan fingerprint density at radius 2 is 1.75 bits per heavy atom. The van der Waals surface area contributed by atoms with Crippen molar-refractivity contribution in [2.24, 2.45) is 0 Å². The van der Waals surface area contributed by atoms with Gasteiger partial charge in [0.05, 0.1) is 11.1 Å². The van der Waals surface area contributed by atoms with Crippen LogP contribution in [0.4, 0.5) is 22.9 Å². The van der Waals surface area contributed by atoms with Gasteiger partial charge in [0.25, 0.3) is 5.91 Å². The second-order valence-electron chi connectivity index (χ2n) is 9.31. The van der Waals surface area contributed by atoms with E-state index in [1.807, 2.05) is 37.3 Å². The van der Waals surface area contributed by atoms with Gasteiger partial charge in [-0.3, -0.25) is 4.79 Å². The van der Waals surface area contributed by atoms with Crippen molar-refractivity contribution in [2.75, 3.05) is 59.3 Å². The molecule has 0 unspecified atom stereocenters. The molecule has 0 radical (unpaired) electrons. The summed E-state index contributed by atoms with van der Waals surface area (Å²) >= 11 is 0. The minimum Gasteiger partial charge on any atom is -0.478 e. The molecule has 8 heteroatoms. The predicted octanol–water partition coefficient (Wildman–Crippen LogP) is 4.05. The number of carbonyl (C=O) groups excluding carboxylic acids is 1. The fraction of sp³-hybridized carbons (Fsp3) is 0.321. The first kappa shape index (κ1) is 23.7. The van der Waals surface area contributed by atoms with E-state index in [2.05, 4.69) is 44.1 Å². The molecule has 0 aliphatic carbocycles. The largest absolute Gasteiger partial charge is 0.478 e. The number of pyridine rings is 1. The van der Waals surface area contributed by atoms with Crippen LogP contribution in [-0.2, 0) is 6.42 Å². The summed E-state index contributed by atoms with van der Waals surface area (Å²) in [6.45, 7) is 9.16. The van der Waals surface area contributed by atoms with Gasteiger partial charge in [-0.05, 0) is 73.9 Å². The Morgan fingerprint density at radius 1 is 0.972 bits per heavy atom. The molecular formula is C28H31N5O3. The van der Waals surface area contributed by atoms with E-state index >= 15 is 0 Å².